The molecule has 8 rings (SSSR count). The van der Waals surface area contributed by atoms with Crippen LogP contribution >= 0.6 is 0 Å². The SMILES string of the molecule is c1ccc(-n2c3ccc(-c4ccc5ccc6cccc7ccc4c5c67)cc3c3cccnc32)cc1. The molecular formula is C33H20N2. The molecule has 8 aromatic rings. The van der Waals surface area contributed by atoms with Gasteiger partial charge < -0.3 is 0 Å². The second kappa shape index (κ2) is 6.91. The van der Waals surface area contributed by atoms with Crippen molar-refractivity contribution >= 4 is 54.3 Å². The molecule has 0 radical (unpaired) electrons. The molecule has 0 aliphatic heterocycles. The van der Waals surface area contributed by atoms with Crippen LogP contribution in [0, 0.1) is 0 Å². The molecule has 162 valence electrons. The summed E-state index contributed by atoms with van der Waals surface area (Å²) < 4.78 is 2.26. The maximum Gasteiger partial charge on any atom is 0.145 e. The van der Waals surface area contributed by atoms with Crippen molar-refractivity contribution in [2.45, 2.75) is 0 Å². The molecule has 6 aromatic carbocycles. The van der Waals surface area contributed by atoms with Gasteiger partial charge >= 0.3 is 0 Å². The van der Waals surface area contributed by atoms with Gasteiger partial charge in [0.2, 0.25) is 0 Å². The fourth-order valence-electron chi connectivity index (χ4n) is 5.84. The Morgan fingerprint density at radius 2 is 1.29 bits per heavy atom. The van der Waals surface area contributed by atoms with Gasteiger partial charge in [-0.2, -0.15) is 0 Å². The fourth-order valence-corrected chi connectivity index (χ4v) is 5.84. The standard InChI is InChI=1S/C33H20N2/c1-2-8-25(9-3-1)35-30-18-15-24(20-29(30)28-10-5-19-34-33(28)35)26-16-13-23-12-11-21-6-4-7-22-14-17-27(26)32(23)31(21)22/h1-20H. The van der Waals surface area contributed by atoms with Crippen LogP contribution in [0.25, 0.3) is 71.1 Å². The first-order chi connectivity index (χ1) is 17.4. The summed E-state index contributed by atoms with van der Waals surface area (Å²) >= 11 is 0. The number of pyridine rings is 1. The number of nitrogens with zero attached hydrogens (tertiary/aromatic N) is 2. The van der Waals surface area contributed by atoms with Gasteiger partial charge in [0.15, 0.2) is 0 Å². The van der Waals surface area contributed by atoms with Crippen molar-refractivity contribution in [3.8, 4) is 16.8 Å². The molecule has 0 amide bonds. The van der Waals surface area contributed by atoms with Crippen molar-refractivity contribution in [2.75, 3.05) is 0 Å². The summed E-state index contributed by atoms with van der Waals surface area (Å²) in [6, 6.07) is 41.7. The number of aromatic nitrogens is 2. The van der Waals surface area contributed by atoms with Crippen molar-refractivity contribution in [3.63, 3.8) is 0 Å². The molecule has 0 bridgehead atoms. The molecule has 0 fully saturated rings. The molecule has 0 spiro atoms. The zero-order chi connectivity index (χ0) is 22.9. The molecule has 0 aliphatic rings. The van der Waals surface area contributed by atoms with Crippen LogP contribution in [0.3, 0.4) is 0 Å². The van der Waals surface area contributed by atoms with E-state index in [-0.39, 0.29) is 0 Å². The Labute approximate surface area is 202 Å². The van der Waals surface area contributed by atoms with E-state index in [2.05, 4.69) is 114 Å². The highest BCUT2D eigenvalue weighted by Crippen LogP contribution is 2.41. The maximum atomic E-state index is 4.77. The second-order valence-corrected chi connectivity index (χ2v) is 9.25. The Morgan fingerprint density at radius 3 is 2.14 bits per heavy atom. The lowest BCUT2D eigenvalue weighted by atomic mass is 9.89. The monoisotopic (exact) mass is 444 g/mol. The molecule has 0 saturated heterocycles. The minimum atomic E-state index is 0.987. The Kier molecular flexibility index (Phi) is 3.69. The highest BCUT2D eigenvalue weighted by molar-refractivity contribution is 6.25. The summed E-state index contributed by atoms with van der Waals surface area (Å²) in [6.07, 6.45) is 1.88. The van der Waals surface area contributed by atoms with Gasteiger partial charge in [0.1, 0.15) is 5.65 Å². The first-order valence-corrected chi connectivity index (χ1v) is 12.0. The van der Waals surface area contributed by atoms with E-state index in [1.807, 2.05) is 12.3 Å². The number of para-hydroxylation sites is 1. The third-order valence-electron chi connectivity index (χ3n) is 7.38. The second-order valence-electron chi connectivity index (χ2n) is 9.25. The van der Waals surface area contributed by atoms with Crippen molar-refractivity contribution in [1.82, 2.24) is 9.55 Å². The van der Waals surface area contributed by atoms with Crippen LogP contribution in [0.5, 0.6) is 0 Å². The Balaban J connectivity index is 1.45. The number of hydrogen-bond acceptors (Lipinski definition) is 1. The van der Waals surface area contributed by atoms with E-state index in [4.69, 9.17) is 4.98 Å². The lowest BCUT2D eigenvalue weighted by Crippen LogP contribution is -1.94. The van der Waals surface area contributed by atoms with Crippen LogP contribution in [-0.2, 0) is 0 Å². The van der Waals surface area contributed by atoms with E-state index in [1.54, 1.807) is 0 Å². The number of fused-ring (bicyclic) bond motifs is 3. The van der Waals surface area contributed by atoms with Crippen LogP contribution in [0.15, 0.2) is 121 Å². The average Bonchev–Trinajstić information content (AvgIpc) is 3.26. The van der Waals surface area contributed by atoms with E-state index in [9.17, 15) is 0 Å². The topological polar surface area (TPSA) is 17.8 Å². The van der Waals surface area contributed by atoms with Crippen LogP contribution in [-0.4, -0.2) is 9.55 Å². The molecule has 0 aliphatic carbocycles. The van der Waals surface area contributed by atoms with Crippen molar-refractivity contribution < 1.29 is 0 Å². The summed E-state index contributed by atoms with van der Waals surface area (Å²) in [4.78, 5) is 4.77. The van der Waals surface area contributed by atoms with Crippen molar-refractivity contribution in [1.29, 1.82) is 0 Å². The average molecular weight is 445 g/mol. The highest BCUT2D eigenvalue weighted by atomic mass is 15.0. The first kappa shape index (κ1) is 18.7. The molecule has 0 atom stereocenters. The van der Waals surface area contributed by atoms with E-state index < -0.39 is 0 Å². The Hall–Kier alpha value is -4.69. The van der Waals surface area contributed by atoms with E-state index >= 15 is 0 Å². The van der Waals surface area contributed by atoms with Gasteiger partial charge in [0.05, 0.1) is 5.52 Å². The van der Waals surface area contributed by atoms with Gasteiger partial charge in [0.25, 0.3) is 0 Å². The molecule has 0 unspecified atom stereocenters. The highest BCUT2D eigenvalue weighted by Gasteiger charge is 2.16. The minimum absolute atomic E-state index is 0.987. The van der Waals surface area contributed by atoms with Gasteiger partial charge in [-0.05, 0) is 79.8 Å². The lowest BCUT2D eigenvalue weighted by Gasteiger charge is -2.14. The first-order valence-electron chi connectivity index (χ1n) is 12.0. The molecule has 2 heterocycles. The van der Waals surface area contributed by atoms with Crippen molar-refractivity contribution in [3.05, 3.63) is 121 Å². The van der Waals surface area contributed by atoms with Crippen LogP contribution < -0.4 is 0 Å². The van der Waals surface area contributed by atoms with Gasteiger partial charge in [-0.1, -0.05) is 78.9 Å². The summed E-state index contributed by atoms with van der Waals surface area (Å²) in [6.45, 7) is 0. The van der Waals surface area contributed by atoms with Gasteiger partial charge in [-0.15, -0.1) is 0 Å². The maximum absolute atomic E-state index is 4.77. The smallest absolute Gasteiger partial charge is 0.145 e. The fraction of sp³-hybridized carbons (Fsp3) is 0. The van der Waals surface area contributed by atoms with Gasteiger partial charge in [-0.3, -0.25) is 4.57 Å². The van der Waals surface area contributed by atoms with E-state index in [1.165, 1.54) is 59.7 Å². The third-order valence-corrected chi connectivity index (χ3v) is 7.38. The van der Waals surface area contributed by atoms with E-state index in [0.29, 0.717) is 0 Å². The summed E-state index contributed by atoms with van der Waals surface area (Å²) in [5.74, 6) is 0. The van der Waals surface area contributed by atoms with E-state index in [0.717, 1.165) is 11.3 Å². The lowest BCUT2D eigenvalue weighted by molar-refractivity contribution is 1.14. The molecule has 2 heteroatoms. The predicted molar refractivity (Wildman–Crippen MR) is 148 cm³/mol. The number of rotatable bonds is 2. The van der Waals surface area contributed by atoms with Crippen molar-refractivity contribution in [2.24, 2.45) is 0 Å². The minimum Gasteiger partial charge on any atom is -0.294 e. The molecule has 0 saturated carbocycles. The summed E-state index contributed by atoms with van der Waals surface area (Å²) in [5.41, 5.74) is 5.78. The van der Waals surface area contributed by atoms with Crippen LogP contribution in [0.1, 0.15) is 0 Å². The summed E-state index contributed by atoms with van der Waals surface area (Å²) in [7, 11) is 0. The Bertz CT molecular complexity index is 2030. The molecule has 35 heavy (non-hydrogen) atoms. The normalized spacial score (nSPS) is 12.0. The van der Waals surface area contributed by atoms with Gasteiger partial charge in [-0.25, -0.2) is 4.98 Å². The quantitative estimate of drug-likeness (QED) is 0.244. The van der Waals surface area contributed by atoms with Gasteiger partial charge in [0, 0.05) is 22.7 Å². The Morgan fingerprint density at radius 1 is 0.514 bits per heavy atom. The molecule has 0 N–H and O–H groups in total. The number of hydrogen-bond donors (Lipinski definition) is 0. The predicted octanol–water partition coefficient (Wildman–Crippen LogP) is 8.74. The van der Waals surface area contributed by atoms with Crippen LogP contribution in [0.4, 0.5) is 0 Å². The summed E-state index contributed by atoms with van der Waals surface area (Å²) in [5, 5.41) is 10.3. The zero-order valence-electron chi connectivity index (χ0n) is 18.9. The third kappa shape index (κ3) is 2.57. The number of benzene rings is 6. The van der Waals surface area contributed by atoms with Crippen LogP contribution in [0.2, 0.25) is 0 Å². The molecule has 2 nitrogen and oxygen atoms in total. The molecular weight excluding hydrogens is 424 g/mol. The molecule has 2 aromatic heterocycles. The largest absolute Gasteiger partial charge is 0.294 e. The zero-order valence-corrected chi connectivity index (χ0v) is 18.9.